The van der Waals surface area contributed by atoms with Crippen LogP contribution in [0.4, 0.5) is 0 Å². The minimum Gasteiger partial charge on any atom is -0.370 e. The highest BCUT2D eigenvalue weighted by Crippen LogP contribution is 2.41. The normalized spacial score (nSPS) is 26.7. The number of nitrogens with two attached hydrogens (primary N) is 1. The molecule has 0 aromatic carbocycles. The van der Waals surface area contributed by atoms with E-state index in [2.05, 4.69) is 10.3 Å². The van der Waals surface area contributed by atoms with Gasteiger partial charge in [-0.15, -0.1) is 0 Å². The molecule has 2 saturated carbocycles. The van der Waals surface area contributed by atoms with Crippen LogP contribution in [0, 0.1) is 0 Å². The van der Waals surface area contributed by atoms with Crippen molar-refractivity contribution in [1.82, 2.24) is 5.32 Å². The van der Waals surface area contributed by atoms with Crippen molar-refractivity contribution in [1.29, 1.82) is 0 Å². The second-order valence-electron chi connectivity index (χ2n) is 4.96. The average molecular weight is 243 g/mol. The van der Waals surface area contributed by atoms with Gasteiger partial charge in [0.2, 0.25) is 0 Å². The van der Waals surface area contributed by atoms with Crippen LogP contribution >= 0.6 is 0 Å². The number of hydrogen-bond acceptors (Lipinski definition) is 2. The van der Waals surface area contributed by atoms with Crippen LogP contribution in [0.3, 0.4) is 0 Å². The van der Waals surface area contributed by atoms with Gasteiger partial charge in [-0.2, -0.15) is 0 Å². The molecule has 0 bridgehead atoms. The lowest BCUT2D eigenvalue weighted by Crippen LogP contribution is -2.39. The molecule has 0 spiro atoms. The van der Waals surface area contributed by atoms with Crippen molar-refractivity contribution >= 4 is 16.8 Å². The molecule has 0 aromatic heterocycles. The van der Waals surface area contributed by atoms with Crippen LogP contribution in [-0.2, 0) is 10.8 Å². The largest absolute Gasteiger partial charge is 0.370 e. The van der Waals surface area contributed by atoms with Crippen LogP contribution in [-0.4, -0.2) is 33.8 Å². The first-order valence-electron chi connectivity index (χ1n) is 6.02. The number of aliphatic imine (C=N–C) groups is 1. The monoisotopic (exact) mass is 243 g/mol. The highest BCUT2D eigenvalue weighted by atomic mass is 32.2. The highest BCUT2D eigenvalue weighted by molar-refractivity contribution is 7.86. The zero-order valence-electron chi connectivity index (χ0n) is 9.87. The van der Waals surface area contributed by atoms with Gasteiger partial charge in [0.05, 0.1) is 11.3 Å². The average Bonchev–Trinajstić information content (AvgIpc) is 2.88. The van der Waals surface area contributed by atoms with Gasteiger partial charge < -0.3 is 11.1 Å². The molecule has 1 unspecified atom stereocenters. The molecule has 0 saturated heterocycles. The van der Waals surface area contributed by atoms with Gasteiger partial charge in [0.15, 0.2) is 5.96 Å². The molecule has 2 aliphatic carbocycles. The summed E-state index contributed by atoms with van der Waals surface area (Å²) in [5.41, 5.74) is 5.83. The molecule has 2 aliphatic rings. The minimum absolute atomic E-state index is 0.0536. The predicted molar refractivity (Wildman–Crippen MR) is 67.9 cm³/mol. The van der Waals surface area contributed by atoms with E-state index in [1.807, 2.05) is 0 Å². The molecule has 2 fully saturated rings. The summed E-state index contributed by atoms with van der Waals surface area (Å²) in [6.07, 6.45) is 8.78. The van der Waals surface area contributed by atoms with Gasteiger partial charge in [0, 0.05) is 23.1 Å². The molecule has 3 N–H and O–H groups in total. The van der Waals surface area contributed by atoms with E-state index in [-0.39, 0.29) is 4.75 Å². The second kappa shape index (κ2) is 4.73. The summed E-state index contributed by atoms with van der Waals surface area (Å²) in [5.74, 6) is 0.531. The molecular weight excluding hydrogens is 222 g/mol. The Balaban J connectivity index is 1.80. The first-order chi connectivity index (χ1) is 7.62. The Morgan fingerprint density at radius 2 is 2.12 bits per heavy atom. The van der Waals surface area contributed by atoms with Gasteiger partial charge in [-0.05, 0) is 25.7 Å². The third-order valence-electron chi connectivity index (χ3n) is 3.66. The van der Waals surface area contributed by atoms with Gasteiger partial charge in [-0.1, -0.05) is 12.8 Å². The molecule has 4 nitrogen and oxygen atoms in total. The number of nitrogens with zero attached hydrogens (tertiary/aromatic N) is 1. The molecule has 0 amide bonds. The van der Waals surface area contributed by atoms with E-state index in [1.54, 1.807) is 6.26 Å². The summed E-state index contributed by atoms with van der Waals surface area (Å²) in [7, 11) is -0.776. The molecule has 92 valence electrons. The fourth-order valence-corrected chi connectivity index (χ4v) is 3.15. The van der Waals surface area contributed by atoms with Crippen LogP contribution in [0.1, 0.15) is 38.5 Å². The Bertz CT molecular complexity index is 306. The predicted octanol–water partition coefficient (Wildman–Crippen LogP) is 0.744. The van der Waals surface area contributed by atoms with Gasteiger partial charge in [0.25, 0.3) is 0 Å². The van der Waals surface area contributed by atoms with E-state index in [0.29, 0.717) is 18.5 Å². The molecule has 2 rings (SSSR count). The number of nitrogens with one attached hydrogen (secondary N) is 1. The summed E-state index contributed by atoms with van der Waals surface area (Å²) >= 11 is 0. The van der Waals surface area contributed by atoms with E-state index in [1.165, 1.54) is 25.7 Å². The molecule has 0 heterocycles. The molecule has 1 atom stereocenters. The Labute approximate surface area is 99.5 Å². The van der Waals surface area contributed by atoms with Gasteiger partial charge >= 0.3 is 0 Å². The zero-order valence-corrected chi connectivity index (χ0v) is 10.7. The lowest BCUT2D eigenvalue weighted by molar-refractivity contribution is 0.624. The fourth-order valence-electron chi connectivity index (χ4n) is 2.23. The molecule has 0 aliphatic heterocycles. The van der Waals surface area contributed by atoms with Crippen LogP contribution in [0.2, 0.25) is 0 Å². The van der Waals surface area contributed by atoms with E-state index < -0.39 is 10.8 Å². The number of hydrogen-bond donors (Lipinski definition) is 2. The van der Waals surface area contributed by atoms with Crippen molar-refractivity contribution in [3.8, 4) is 0 Å². The standard InChI is InChI=1S/C11H21N3OS/c1-16(15)11(6-7-11)8-13-10(12)14-9-4-2-3-5-9/h9H,2-8H2,1H3,(H3,12,13,14). The van der Waals surface area contributed by atoms with Crippen LogP contribution in [0.15, 0.2) is 4.99 Å². The topological polar surface area (TPSA) is 67.5 Å². The van der Waals surface area contributed by atoms with Gasteiger partial charge in [0.1, 0.15) is 0 Å². The lowest BCUT2D eigenvalue weighted by Gasteiger charge is -2.14. The summed E-state index contributed by atoms with van der Waals surface area (Å²) in [5, 5.41) is 3.25. The Kier molecular flexibility index (Phi) is 3.52. The number of rotatable bonds is 4. The van der Waals surface area contributed by atoms with Crippen LogP contribution < -0.4 is 11.1 Å². The van der Waals surface area contributed by atoms with Crippen LogP contribution in [0.5, 0.6) is 0 Å². The molecule has 5 heteroatoms. The zero-order chi connectivity index (χ0) is 11.6. The van der Waals surface area contributed by atoms with Gasteiger partial charge in [-0.3, -0.25) is 9.20 Å². The van der Waals surface area contributed by atoms with Crippen LogP contribution in [0.25, 0.3) is 0 Å². The quantitative estimate of drug-likeness (QED) is 0.565. The first kappa shape index (κ1) is 11.9. The van der Waals surface area contributed by atoms with Crippen molar-refractivity contribution in [3.05, 3.63) is 0 Å². The van der Waals surface area contributed by atoms with E-state index in [9.17, 15) is 4.21 Å². The second-order valence-corrected chi connectivity index (χ2v) is 6.74. The molecule has 16 heavy (non-hydrogen) atoms. The van der Waals surface area contributed by atoms with Crippen molar-refractivity contribution in [2.24, 2.45) is 10.7 Å². The SMILES string of the molecule is CS(=O)C1(CN=C(N)NC2CCCC2)CC1. The van der Waals surface area contributed by atoms with Crippen molar-refractivity contribution in [2.45, 2.75) is 49.3 Å². The summed E-state index contributed by atoms with van der Waals surface area (Å²) in [4.78, 5) is 4.33. The number of guanidine groups is 1. The van der Waals surface area contributed by atoms with Crippen molar-refractivity contribution < 1.29 is 4.21 Å². The smallest absolute Gasteiger partial charge is 0.188 e. The summed E-state index contributed by atoms with van der Waals surface area (Å²) in [6.45, 7) is 0.613. The summed E-state index contributed by atoms with van der Waals surface area (Å²) < 4.78 is 11.4. The maximum Gasteiger partial charge on any atom is 0.188 e. The Hall–Kier alpha value is -0.580. The van der Waals surface area contributed by atoms with Gasteiger partial charge in [-0.25, -0.2) is 0 Å². The molecular formula is C11H21N3OS. The van der Waals surface area contributed by atoms with Crippen molar-refractivity contribution in [2.75, 3.05) is 12.8 Å². The highest BCUT2D eigenvalue weighted by Gasteiger charge is 2.46. The minimum atomic E-state index is -0.776. The van der Waals surface area contributed by atoms with E-state index in [0.717, 1.165) is 12.8 Å². The fraction of sp³-hybridized carbons (Fsp3) is 0.909. The maximum absolute atomic E-state index is 11.5. The first-order valence-corrected chi connectivity index (χ1v) is 7.58. The Morgan fingerprint density at radius 1 is 1.50 bits per heavy atom. The third kappa shape index (κ3) is 2.75. The van der Waals surface area contributed by atoms with E-state index >= 15 is 0 Å². The lowest BCUT2D eigenvalue weighted by atomic mass is 10.2. The third-order valence-corrected chi connectivity index (χ3v) is 5.42. The maximum atomic E-state index is 11.5. The van der Waals surface area contributed by atoms with Crippen molar-refractivity contribution in [3.63, 3.8) is 0 Å². The Morgan fingerprint density at radius 3 is 2.62 bits per heavy atom. The molecule has 0 aromatic rings. The van der Waals surface area contributed by atoms with E-state index in [4.69, 9.17) is 5.73 Å². The summed E-state index contributed by atoms with van der Waals surface area (Å²) in [6, 6.07) is 0.506. The molecule has 0 radical (unpaired) electrons.